The van der Waals surface area contributed by atoms with Crippen molar-refractivity contribution in [3.8, 4) is 12.1 Å². The topological polar surface area (TPSA) is 112 Å². The van der Waals surface area contributed by atoms with Crippen molar-refractivity contribution < 1.29 is 36.2 Å². The Morgan fingerprint density at radius 3 is 2.52 bits per heavy atom. The summed E-state index contributed by atoms with van der Waals surface area (Å²) in [5.41, 5.74) is 3.57. The summed E-state index contributed by atoms with van der Waals surface area (Å²) in [5, 5.41) is 20.1. The zero-order valence-electron chi connectivity index (χ0n) is 25.1. The summed E-state index contributed by atoms with van der Waals surface area (Å²) in [7, 11) is 2.86. The largest absolute Gasteiger partial charge is 0.467 e. The lowest BCUT2D eigenvalue weighted by Gasteiger charge is -2.39. The Balaban J connectivity index is 0.000000226. The maximum Gasteiger partial charge on any atom is 0.417 e. The Labute approximate surface area is 266 Å². The van der Waals surface area contributed by atoms with Crippen LogP contribution >= 0.6 is 11.3 Å². The van der Waals surface area contributed by atoms with E-state index in [1.54, 1.807) is 23.4 Å². The van der Waals surface area contributed by atoms with Gasteiger partial charge < -0.3 is 20.5 Å². The molecule has 3 N–H and O–H groups in total. The maximum absolute atomic E-state index is 15.1. The number of halogens is 6. The smallest absolute Gasteiger partial charge is 0.417 e. The number of ether oxygens (including phenoxy) is 1. The summed E-state index contributed by atoms with van der Waals surface area (Å²) in [4.78, 5) is 11.9. The Hall–Kier alpha value is -3.87. The molecule has 3 aromatic rings. The molecular formula is C31H34F6N6O2S. The van der Waals surface area contributed by atoms with Crippen molar-refractivity contribution in [2.24, 2.45) is 0 Å². The second-order valence-electron chi connectivity index (χ2n) is 11.1. The number of aromatic nitrogens is 2. The monoisotopic (exact) mass is 668 g/mol. The van der Waals surface area contributed by atoms with Gasteiger partial charge in [-0.3, -0.25) is 4.90 Å². The number of alkyl halides is 4. The third-order valence-electron chi connectivity index (χ3n) is 8.11. The molecule has 1 saturated carbocycles. The number of aliphatic hydroxyl groups excluding tert-OH is 1. The molecular weight excluding hydrogens is 634 g/mol. The molecule has 1 aromatic carbocycles. The van der Waals surface area contributed by atoms with Gasteiger partial charge in [-0.2, -0.15) is 28.4 Å². The fraction of sp³-hybridized carbons (Fsp3) is 0.452. The van der Waals surface area contributed by atoms with Crippen molar-refractivity contribution >= 4 is 39.1 Å². The number of nitrogens with zero attached hydrogens (tertiary/aromatic N) is 5. The first-order valence-corrected chi connectivity index (χ1v) is 15.4. The summed E-state index contributed by atoms with van der Waals surface area (Å²) in [5.74, 6) is -1.16. The van der Waals surface area contributed by atoms with E-state index in [-0.39, 0.29) is 35.1 Å². The number of thiophene rings is 1. The molecule has 2 atom stereocenters. The molecule has 0 radical (unpaired) electrons. The molecule has 0 spiro atoms. The molecule has 2 unspecified atom stereocenters. The van der Waals surface area contributed by atoms with Gasteiger partial charge in [-0.05, 0) is 62.2 Å². The van der Waals surface area contributed by atoms with Gasteiger partial charge in [-0.15, -0.1) is 11.3 Å². The average molecular weight is 669 g/mol. The molecule has 2 saturated heterocycles. The summed E-state index contributed by atoms with van der Waals surface area (Å²) in [6, 6.07) is 4.68. The fourth-order valence-corrected chi connectivity index (χ4v) is 6.24. The summed E-state index contributed by atoms with van der Waals surface area (Å²) >= 11 is 1.38. The predicted octanol–water partition coefficient (Wildman–Crippen LogP) is 6.65. The zero-order valence-corrected chi connectivity index (χ0v) is 26.0. The number of benzene rings is 1. The van der Waals surface area contributed by atoms with Crippen molar-refractivity contribution in [3.63, 3.8) is 0 Å². The number of hydrogen-bond acceptors (Lipinski definition) is 9. The lowest BCUT2D eigenvalue weighted by Crippen LogP contribution is -2.45. The summed E-state index contributed by atoms with van der Waals surface area (Å²) in [6.07, 6.45) is 1.02. The van der Waals surface area contributed by atoms with Crippen LogP contribution in [0.1, 0.15) is 48.8 Å². The highest BCUT2D eigenvalue weighted by Crippen LogP contribution is 2.40. The molecule has 46 heavy (non-hydrogen) atoms. The molecule has 3 fully saturated rings. The molecule has 0 amide bonds. The Bertz CT molecular complexity index is 1590. The van der Waals surface area contributed by atoms with Crippen LogP contribution in [0.25, 0.3) is 17.0 Å². The third-order valence-corrected chi connectivity index (χ3v) is 8.85. The number of rotatable bonds is 5. The molecule has 3 aliphatic rings. The van der Waals surface area contributed by atoms with E-state index >= 15 is 4.39 Å². The van der Waals surface area contributed by atoms with Crippen LogP contribution in [0.4, 0.5) is 37.2 Å². The van der Waals surface area contributed by atoms with E-state index in [4.69, 9.17) is 15.7 Å². The van der Waals surface area contributed by atoms with E-state index in [0.29, 0.717) is 36.0 Å². The molecule has 2 aromatic heterocycles. The van der Waals surface area contributed by atoms with Crippen molar-refractivity contribution in [1.82, 2.24) is 14.9 Å². The Morgan fingerprint density at radius 2 is 1.98 bits per heavy atom. The van der Waals surface area contributed by atoms with Crippen LogP contribution in [0.3, 0.4) is 0 Å². The number of fused-ring (bicyclic) bond motifs is 2. The first-order chi connectivity index (χ1) is 21.9. The van der Waals surface area contributed by atoms with Gasteiger partial charge in [0.05, 0.1) is 30.7 Å². The average Bonchev–Trinajstić information content (AvgIpc) is 3.72. The lowest BCUT2D eigenvalue weighted by molar-refractivity contribution is -0.137. The molecule has 248 valence electrons. The second kappa shape index (κ2) is 15.1. The third kappa shape index (κ3) is 8.09. The summed E-state index contributed by atoms with van der Waals surface area (Å²) < 4.78 is 85.8. The van der Waals surface area contributed by atoms with Crippen LogP contribution in [0.15, 0.2) is 36.0 Å². The minimum atomic E-state index is -4.86. The van der Waals surface area contributed by atoms with E-state index in [0.717, 1.165) is 37.3 Å². The van der Waals surface area contributed by atoms with Crippen molar-refractivity contribution in [2.45, 2.75) is 62.6 Å². The van der Waals surface area contributed by atoms with E-state index < -0.39 is 35.4 Å². The van der Waals surface area contributed by atoms with Gasteiger partial charge in [0.25, 0.3) is 0 Å². The number of nitrogen functional groups attached to an aromatic ring is 1. The second-order valence-corrected chi connectivity index (χ2v) is 12.0. The predicted molar refractivity (Wildman–Crippen MR) is 165 cm³/mol. The number of methoxy groups -OCH3 is 1. The van der Waals surface area contributed by atoms with Crippen LogP contribution in [-0.2, 0) is 6.18 Å². The molecule has 4 heterocycles. The van der Waals surface area contributed by atoms with Gasteiger partial charge in [0.15, 0.2) is 5.82 Å². The number of nitriles is 1. The minimum Gasteiger partial charge on any atom is -0.467 e. The minimum absolute atomic E-state index is 0.0623. The standard InChI is InChI=1S/C19H18F5N3O2.C7H12FN.C5H4N2S/c1-27(10-7-11(28)8-10)17-13-9-14(19(22,23)24)12(5-3-4-6-20)15(21)16(13)25-18(26-17)29-2;8-6-4-7-2-1-3-9(7)5-6;6-3-4-1-2-8-5(4)7/h3-6,9-11,28H,7-8H2,1-2H3;6-7H,1-5H2;1-2H,7H2/b5-3+,6-4+;;. The molecule has 8 nitrogen and oxygen atoms in total. The normalized spacial score (nSPS) is 22.5. The molecule has 6 rings (SSSR count). The Kier molecular flexibility index (Phi) is 11.5. The molecule has 1 aliphatic carbocycles. The lowest BCUT2D eigenvalue weighted by atomic mass is 9.88. The van der Waals surface area contributed by atoms with Crippen LogP contribution in [0.5, 0.6) is 6.01 Å². The van der Waals surface area contributed by atoms with Crippen molar-refractivity contribution in [1.29, 1.82) is 5.26 Å². The van der Waals surface area contributed by atoms with Crippen LogP contribution < -0.4 is 15.4 Å². The quantitative estimate of drug-likeness (QED) is 0.230. The summed E-state index contributed by atoms with van der Waals surface area (Å²) in [6.45, 7) is 1.86. The number of hydrogen-bond donors (Lipinski definition) is 2. The zero-order chi connectivity index (χ0) is 33.6. The number of allylic oxidation sites excluding steroid dienone is 2. The molecule has 15 heteroatoms. The number of nitrogens with two attached hydrogens (primary N) is 1. The van der Waals surface area contributed by atoms with Gasteiger partial charge in [-0.25, -0.2) is 13.2 Å². The van der Waals surface area contributed by atoms with E-state index in [9.17, 15) is 27.1 Å². The number of anilines is 2. The first kappa shape index (κ1) is 35.0. The highest BCUT2D eigenvalue weighted by atomic mass is 32.1. The first-order valence-electron chi connectivity index (χ1n) is 14.5. The van der Waals surface area contributed by atoms with Gasteiger partial charge in [0.2, 0.25) is 0 Å². The molecule has 0 bridgehead atoms. The van der Waals surface area contributed by atoms with Crippen molar-refractivity contribution in [3.05, 3.63) is 58.5 Å². The van der Waals surface area contributed by atoms with Crippen LogP contribution in [-0.4, -0.2) is 71.6 Å². The highest BCUT2D eigenvalue weighted by Gasteiger charge is 2.38. The fourth-order valence-electron chi connectivity index (χ4n) is 5.65. The van der Waals surface area contributed by atoms with E-state index in [1.807, 2.05) is 6.07 Å². The van der Waals surface area contributed by atoms with E-state index in [2.05, 4.69) is 14.9 Å². The van der Waals surface area contributed by atoms with Gasteiger partial charge in [0, 0.05) is 36.6 Å². The number of aliphatic hydroxyl groups is 1. The van der Waals surface area contributed by atoms with Gasteiger partial charge >= 0.3 is 12.2 Å². The Morgan fingerprint density at radius 1 is 1.24 bits per heavy atom. The van der Waals surface area contributed by atoms with Crippen LogP contribution in [0.2, 0.25) is 0 Å². The maximum atomic E-state index is 15.1. The van der Waals surface area contributed by atoms with Crippen molar-refractivity contribution in [2.75, 3.05) is 37.9 Å². The van der Waals surface area contributed by atoms with Crippen LogP contribution in [0, 0.1) is 17.1 Å². The molecule has 2 aliphatic heterocycles. The van der Waals surface area contributed by atoms with Gasteiger partial charge in [0.1, 0.15) is 28.6 Å². The highest BCUT2D eigenvalue weighted by molar-refractivity contribution is 7.14. The SMILES string of the molecule is COc1nc(N(C)C2CC(O)C2)c2cc(C(F)(F)F)c(/C=C/C=C/F)c(F)c2n1.FC1CC2CCCN2C1.N#Cc1ccsc1N. The van der Waals surface area contributed by atoms with Gasteiger partial charge in [-0.1, -0.05) is 12.2 Å². The van der Waals surface area contributed by atoms with E-state index in [1.165, 1.54) is 31.3 Å².